The number of hydrogen-bond donors (Lipinski definition) is 2. The number of nitrogens with two attached hydrogens (primary N) is 1. The fraction of sp³-hybridized carbons (Fsp3) is 0.118. The lowest BCUT2D eigenvalue weighted by Gasteiger charge is -2.03. The number of aromatic nitrogens is 1. The van der Waals surface area contributed by atoms with Crippen LogP contribution < -0.4 is 11.1 Å². The molecule has 0 saturated carbocycles. The number of rotatable bonds is 6. The average molecular weight is 390 g/mol. The number of thiazole rings is 1. The third-order valence-electron chi connectivity index (χ3n) is 3.34. The Hall–Kier alpha value is -2.16. The summed E-state index contributed by atoms with van der Waals surface area (Å²) in [5, 5.41) is 6.91. The minimum Gasteiger partial charge on any atom is -0.366 e. The number of carbonyl (C=O) groups is 2. The second-order valence-corrected chi connectivity index (χ2v) is 8.23. The standard InChI is InChI=1S/C17H15N3O2S3/c1-10-2-4-11(5-3-10)13-8-24-17(19-13)25-9-14(21)20-16-12(15(18)22)6-7-23-16/h2-8H,9H2,1H3,(H2,18,22)(H,20,21). The van der Waals surface area contributed by atoms with E-state index in [1.807, 2.05) is 36.6 Å². The van der Waals surface area contributed by atoms with Crippen molar-refractivity contribution < 1.29 is 9.59 Å². The highest BCUT2D eigenvalue weighted by Crippen LogP contribution is 2.29. The van der Waals surface area contributed by atoms with E-state index < -0.39 is 5.91 Å². The Morgan fingerprint density at radius 2 is 1.96 bits per heavy atom. The summed E-state index contributed by atoms with van der Waals surface area (Å²) in [5.41, 5.74) is 8.77. The van der Waals surface area contributed by atoms with Crippen LogP contribution in [0.25, 0.3) is 11.3 Å². The van der Waals surface area contributed by atoms with Crippen LogP contribution in [0, 0.1) is 6.92 Å². The van der Waals surface area contributed by atoms with Crippen molar-refractivity contribution in [1.29, 1.82) is 0 Å². The van der Waals surface area contributed by atoms with E-state index >= 15 is 0 Å². The summed E-state index contributed by atoms with van der Waals surface area (Å²) in [6.07, 6.45) is 0. The molecule has 0 spiro atoms. The van der Waals surface area contributed by atoms with Gasteiger partial charge in [-0.2, -0.15) is 0 Å². The van der Waals surface area contributed by atoms with Crippen LogP contribution in [0.15, 0.2) is 45.4 Å². The lowest BCUT2D eigenvalue weighted by molar-refractivity contribution is -0.113. The number of nitrogens with one attached hydrogen (secondary N) is 1. The van der Waals surface area contributed by atoms with E-state index in [1.165, 1.54) is 40.0 Å². The van der Waals surface area contributed by atoms with Crippen LogP contribution in [-0.4, -0.2) is 22.6 Å². The first-order chi connectivity index (χ1) is 12.0. The van der Waals surface area contributed by atoms with Gasteiger partial charge < -0.3 is 11.1 Å². The Balaban J connectivity index is 1.58. The first-order valence-electron chi connectivity index (χ1n) is 7.35. The van der Waals surface area contributed by atoms with Crippen LogP contribution in [0.3, 0.4) is 0 Å². The van der Waals surface area contributed by atoms with Gasteiger partial charge in [0, 0.05) is 10.9 Å². The Morgan fingerprint density at radius 3 is 2.68 bits per heavy atom. The average Bonchev–Trinajstić information content (AvgIpc) is 3.23. The summed E-state index contributed by atoms with van der Waals surface area (Å²) >= 11 is 4.15. The van der Waals surface area contributed by atoms with Gasteiger partial charge in [0.05, 0.1) is 17.0 Å². The van der Waals surface area contributed by atoms with Crippen molar-refractivity contribution in [3.8, 4) is 11.3 Å². The molecular formula is C17H15N3O2S3. The smallest absolute Gasteiger partial charge is 0.251 e. The van der Waals surface area contributed by atoms with Gasteiger partial charge in [0.2, 0.25) is 5.91 Å². The number of nitrogens with zero attached hydrogens (tertiary/aromatic N) is 1. The van der Waals surface area contributed by atoms with Crippen molar-refractivity contribution in [3.63, 3.8) is 0 Å². The van der Waals surface area contributed by atoms with Crippen molar-refractivity contribution in [2.45, 2.75) is 11.3 Å². The third kappa shape index (κ3) is 4.47. The van der Waals surface area contributed by atoms with Gasteiger partial charge >= 0.3 is 0 Å². The predicted molar refractivity (Wildman–Crippen MR) is 104 cm³/mol. The molecule has 25 heavy (non-hydrogen) atoms. The Kier molecular flexibility index (Phi) is 5.52. The lowest BCUT2D eigenvalue weighted by atomic mass is 10.1. The number of carbonyl (C=O) groups excluding carboxylic acids is 2. The molecule has 0 bridgehead atoms. The van der Waals surface area contributed by atoms with E-state index in [2.05, 4.69) is 10.3 Å². The summed E-state index contributed by atoms with van der Waals surface area (Å²) in [5.74, 6) is -0.523. The molecule has 1 aromatic carbocycles. The van der Waals surface area contributed by atoms with E-state index in [9.17, 15) is 9.59 Å². The number of thiophene rings is 1. The van der Waals surface area contributed by atoms with Gasteiger partial charge in [-0.1, -0.05) is 41.6 Å². The van der Waals surface area contributed by atoms with Crippen LogP contribution in [0.4, 0.5) is 5.00 Å². The number of benzene rings is 1. The fourth-order valence-corrected chi connectivity index (χ4v) is 4.51. The van der Waals surface area contributed by atoms with Crippen molar-refractivity contribution in [2.24, 2.45) is 5.73 Å². The molecule has 0 radical (unpaired) electrons. The number of aryl methyl sites for hydroxylation is 1. The molecule has 3 aromatic rings. The van der Waals surface area contributed by atoms with Crippen LogP contribution in [0.1, 0.15) is 15.9 Å². The third-order valence-corrected chi connectivity index (χ3v) is 6.19. The highest BCUT2D eigenvalue weighted by Gasteiger charge is 2.13. The molecule has 3 rings (SSSR count). The van der Waals surface area contributed by atoms with Gasteiger partial charge in [0.1, 0.15) is 5.00 Å². The van der Waals surface area contributed by atoms with Gasteiger partial charge in [-0.3, -0.25) is 9.59 Å². The second-order valence-electron chi connectivity index (χ2n) is 5.23. The summed E-state index contributed by atoms with van der Waals surface area (Å²) in [6, 6.07) is 9.77. The number of primary amides is 1. The highest BCUT2D eigenvalue weighted by atomic mass is 32.2. The van der Waals surface area contributed by atoms with Gasteiger partial charge in [0.15, 0.2) is 4.34 Å². The minimum absolute atomic E-state index is 0.193. The molecule has 0 fully saturated rings. The predicted octanol–water partition coefficient (Wildman–Crippen LogP) is 4.01. The van der Waals surface area contributed by atoms with Crippen molar-refractivity contribution in [1.82, 2.24) is 4.98 Å². The maximum atomic E-state index is 12.1. The first-order valence-corrected chi connectivity index (χ1v) is 10.1. The Bertz CT molecular complexity index is 900. The summed E-state index contributed by atoms with van der Waals surface area (Å²) in [4.78, 5) is 27.9. The van der Waals surface area contributed by atoms with Gasteiger partial charge in [-0.25, -0.2) is 4.98 Å². The number of amides is 2. The molecule has 0 aliphatic carbocycles. The minimum atomic E-state index is -0.549. The molecule has 8 heteroatoms. The summed E-state index contributed by atoms with van der Waals surface area (Å²) < 4.78 is 0.826. The van der Waals surface area contributed by atoms with E-state index in [-0.39, 0.29) is 11.7 Å². The molecule has 3 N–H and O–H groups in total. The maximum Gasteiger partial charge on any atom is 0.251 e. The molecule has 2 amide bonds. The van der Waals surface area contributed by atoms with Crippen LogP contribution in [0.2, 0.25) is 0 Å². The SMILES string of the molecule is Cc1ccc(-c2csc(SCC(=O)Nc3sccc3C(N)=O)n2)cc1. The van der Waals surface area contributed by atoms with Gasteiger partial charge in [-0.15, -0.1) is 22.7 Å². The lowest BCUT2D eigenvalue weighted by Crippen LogP contribution is -2.17. The van der Waals surface area contributed by atoms with Crippen molar-refractivity contribution >= 4 is 51.3 Å². The number of thioether (sulfide) groups is 1. The number of hydrogen-bond acceptors (Lipinski definition) is 6. The van der Waals surface area contributed by atoms with E-state index in [4.69, 9.17) is 5.73 Å². The Morgan fingerprint density at radius 1 is 1.20 bits per heavy atom. The molecule has 0 aliphatic heterocycles. The van der Waals surface area contributed by atoms with E-state index in [1.54, 1.807) is 11.4 Å². The zero-order valence-corrected chi connectivity index (χ0v) is 15.8. The monoisotopic (exact) mass is 389 g/mol. The largest absolute Gasteiger partial charge is 0.366 e. The molecule has 5 nitrogen and oxygen atoms in total. The van der Waals surface area contributed by atoms with Gasteiger partial charge in [0.25, 0.3) is 5.91 Å². The fourth-order valence-electron chi connectivity index (χ4n) is 2.07. The molecular weight excluding hydrogens is 374 g/mol. The maximum absolute atomic E-state index is 12.1. The van der Waals surface area contributed by atoms with E-state index in [0.717, 1.165) is 15.6 Å². The zero-order chi connectivity index (χ0) is 17.8. The van der Waals surface area contributed by atoms with E-state index in [0.29, 0.717) is 10.6 Å². The molecule has 0 unspecified atom stereocenters. The van der Waals surface area contributed by atoms with Crippen LogP contribution >= 0.6 is 34.4 Å². The van der Waals surface area contributed by atoms with Gasteiger partial charge in [-0.05, 0) is 18.4 Å². The topological polar surface area (TPSA) is 85.1 Å². The summed E-state index contributed by atoms with van der Waals surface area (Å²) in [6.45, 7) is 2.04. The highest BCUT2D eigenvalue weighted by molar-refractivity contribution is 8.01. The molecule has 2 aromatic heterocycles. The first kappa shape index (κ1) is 17.7. The van der Waals surface area contributed by atoms with Crippen LogP contribution in [-0.2, 0) is 4.79 Å². The molecule has 128 valence electrons. The normalized spacial score (nSPS) is 10.6. The van der Waals surface area contributed by atoms with Crippen molar-refractivity contribution in [2.75, 3.05) is 11.1 Å². The zero-order valence-electron chi connectivity index (χ0n) is 13.3. The molecule has 0 aliphatic rings. The molecule has 0 saturated heterocycles. The molecule has 2 heterocycles. The summed E-state index contributed by atoms with van der Waals surface area (Å²) in [7, 11) is 0. The quantitative estimate of drug-likeness (QED) is 0.624. The number of anilines is 1. The van der Waals surface area contributed by atoms with Crippen LogP contribution in [0.5, 0.6) is 0 Å². The Labute approximate surface area is 157 Å². The molecule has 0 atom stereocenters. The second kappa shape index (κ2) is 7.81. The van der Waals surface area contributed by atoms with Crippen molar-refractivity contribution in [3.05, 3.63) is 52.2 Å².